The second-order valence-corrected chi connectivity index (χ2v) is 6.73. The molecule has 1 amide bonds. The van der Waals surface area contributed by atoms with Crippen molar-refractivity contribution in [3.05, 3.63) is 77.4 Å². The highest BCUT2D eigenvalue weighted by molar-refractivity contribution is 6.16. The molecule has 0 aromatic heterocycles. The minimum absolute atomic E-state index is 0.0654. The molecule has 0 N–H and O–H groups in total. The standard InChI is InChI=1S/C22H21NO3/c1-3-26-20(24)18-14-13-16(15-9-5-4-6-10-15)22(18)17-11-7-8-12-19(17)23(2)21(22)25/h4-12,14,16H,3,13H2,1-2H3/t16-,22+/m1/s1. The molecule has 1 spiro atoms. The summed E-state index contributed by atoms with van der Waals surface area (Å²) in [6.07, 6.45) is 2.52. The van der Waals surface area contributed by atoms with Crippen molar-refractivity contribution < 1.29 is 14.3 Å². The minimum atomic E-state index is -1.01. The van der Waals surface area contributed by atoms with Crippen LogP contribution in [0, 0.1) is 0 Å². The second-order valence-electron chi connectivity index (χ2n) is 6.73. The van der Waals surface area contributed by atoms with Crippen LogP contribution in [0.15, 0.2) is 66.2 Å². The predicted molar refractivity (Wildman–Crippen MR) is 100 cm³/mol. The molecule has 4 nitrogen and oxygen atoms in total. The molecule has 1 aliphatic carbocycles. The number of anilines is 1. The van der Waals surface area contributed by atoms with Crippen LogP contribution in [0.2, 0.25) is 0 Å². The third-order valence-corrected chi connectivity index (χ3v) is 5.53. The molecule has 26 heavy (non-hydrogen) atoms. The van der Waals surface area contributed by atoms with Gasteiger partial charge in [-0.1, -0.05) is 54.6 Å². The number of rotatable bonds is 3. The first-order valence-electron chi connectivity index (χ1n) is 8.92. The average molecular weight is 347 g/mol. The Balaban J connectivity index is 1.96. The van der Waals surface area contributed by atoms with Gasteiger partial charge in [-0.05, 0) is 30.5 Å². The van der Waals surface area contributed by atoms with Crippen molar-refractivity contribution in [1.29, 1.82) is 0 Å². The van der Waals surface area contributed by atoms with E-state index < -0.39 is 11.4 Å². The molecule has 2 aromatic rings. The molecule has 1 aliphatic heterocycles. The fourth-order valence-electron chi connectivity index (χ4n) is 4.47. The fraction of sp³-hybridized carbons (Fsp3) is 0.273. The van der Waals surface area contributed by atoms with Gasteiger partial charge in [0.2, 0.25) is 5.91 Å². The van der Waals surface area contributed by atoms with E-state index in [4.69, 9.17) is 4.74 Å². The number of esters is 1. The van der Waals surface area contributed by atoms with E-state index in [2.05, 4.69) is 0 Å². The molecule has 0 radical (unpaired) electrons. The first-order valence-corrected chi connectivity index (χ1v) is 8.92. The quantitative estimate of drug-likeness (QED) is 0.798. The molecule has 2 aromatic carbocycles. The Kier molecular flexibility index (Phi) is 3.91. The van der Waals surface area contributed by atoms with Gasteiger partial charge in [0.25, 0.3) is 0 Å². The van der Waals surface area contributed by atoms with E-state index in [9.17, 15) is 9.59 Å². The lowest BCUT2D eigenvalue weighted by Crippen LogP contribution is -2.44. The molecule has 132 valence electrons. The number of amides is 1. The maximum absolute atomic E-state index is 13.6. The molecular formula is C22H21NO3. The predicted octanol–water partition coefficient (Wildman–Crippen LogP) is 3.58. The van der Waals surface area contributed by atoms with Crippen molar-refractivity contribution in [2.24, 2.45) is 0 Å². The monoisotopic (exact) mass is 347 g/mol. The Morgan fingerprint density at radius 2 is 1.85 bits per heavy atom. The fourth-order valence-corrected chi connectivity index (χ4v) is 4.47. The van der Waals surface area contributed by atoms with Crippen LogP contribution in [0.5, 0.6) is 0 Å². The van der Waals surface area contributed by atoms with Gasteiger partial charge >= 0.3 is 5.97 Å². The highest BCUT2D eigenvalue weighted by Gasteiger charge is 2.61. The van der Waals surface area contributed by atoms with Crippen molar-refractivity contribution in [2.75, 3.05) is 18.6 Å². The van der Waals surface area contributed by atoms with Crippen LogP contribution in [0.1, 0.15) is 30.4 Å². The van der Waals surface area contributed by atoms with Gasteiger partial charge in [0, 0.05) is 18.7 Å². The third-order valence-electron chi connectivity index (χ3n) is 5.53. The largest absolute Gasteiger partial charge is 0.463 e. The number of allylic oxidation sites excluding steroid dienone is 1. The summed E-state index contributed by atoms with van der Waals surface area (Å²) in [7, 11) is 1.78. The summed E-state index contributed by atoms with van der Waals surface area (Å²) in [6, 6.07) is 17.7. The molecule has 0 unspecified atom stereocenters. The van der Waals surface area contributed by atoms with Gasteiger partial charge in [0.15, 0.2) is 0 Å². The maximum atomic E-state index is 13.6. The van der Waals surface area contributed by atoms with Gasteiger partial charge in [-0.15, -0.1) is 0 Å². The summed E-state index contributed by atoms with van der Waals surface area (Å²) < 4.78 is 5.32. The lowest BCUT2D eigenvalue weighted by molar-refractivity contribution is -0.140. The number of likely N-dealkylation sites (N-methyl/N-ethyl adjacent to an activating group) is 1. The molecular weight excluding hydrogens is 326 g/mol. The number of nitrogens with zero attached hydrogens (tertiary/aromatic N) is 1. The van der Waals surface area contributed by atoms with Crippen LogP contribution in [0.4, 0.5) is 5.69 Å². The number of hydrogen-bond acceptors (Lipinski definition) is 3. The zero-order valence-corrected chi connectivity index (χ0v) is 14.9. The number of ether oxygens (including phenoxy) is 1. The highest BCUT2D eigenvalue weighted by Crippen LogP contribution is 2.58. The lowest BCUT2D eigenvalue weighted by atomic mass is 9.67. The SMILES string of the molecule is CCOC(=O)C1=CC[C@H](c2ccccc2)[C@@]12C(=O)N(C)c1ccccc12. The van der Waals surface area contributed by atoms with E-state index in [-0.39, 0.29) is 18.4 Å². The smallest absolute Gasteiger partial charge is 0.335 e. The summed E-state index contributed by atoms with van der Waals surface area (Å²) in [4.78, 5) is 28.0. The van der Waals surface area contributed by atoms with Gasteiger partial charge in [0.1, 0.15) is 5.41 Å². The van der Waals surface area contributed by atoms with Crippen molar-refractivity contribution in [3.8, 4) is 0 Å². The van der Waals surface area contributed by atoms with Gasteiger partial charge in [-0.3, -0.25) is 4.79 Å². The molecule has 0 fully saturated rings. The van der Waals surface area contributed by atoms with E-state index in [0.29, 0.717) is 12.0 Å². The molecule has 2 aliphatic rings. The molecule has 4 rings (SSSR count). The topological polar surface area (TPSA) is 46.6 Å². The summed E-state index contributed by atoms with van der Waals surface area (Å²) in [5, 5.41) is 0. The first kappa shape index (κ1) is 16.6. The van der Waals surface area contributed by atoms with Gasteiger partial charge in [-0.25, -0.2) is 4.79 Å². The van der Waals surface area contributed by atoms with Gasteiger partial charge in [-0.2, -0.15) is 0 Å². The Labute approximate surface area is 153 Å². The Morgan fingerprint density at radius 1 is 1.15 bits per heavy atom. The Bertz CT molecular complexity index is 903. The maximum Gasteiger partial charge on any atom is 0.335 e. The summed E-state index contributed by atoms with van der Waals surface area (Å²) in [6.45, 7) is 2.07. The molecule has 0 saturated carbocycles. The van der Waals surface area contributed by atoms with Crippen LogP contribution in [-0.4, -0.2) is 25.5 Å². The van der Waals surface area contributed by atoms with Crippen LogP contribution >= 0.6 is 0 Å². The van der Waals surface area contributed by atoms with Crippen LogP contribution in [-0.2, 0) is 19.7 Å². The van der Waals surface area contributed by atoms with E-state index in [0.717, 1.165) is 16.8 Å². The number of benzene rings is 2. The summed E-state index contributed by atoms with van der Waals surface area (Å²) in [5.74, 6) is -0.588. The van der Waals surface area contributed by atoms with Gasteiger partial charge < -0.3 is 9.64 Å². The Hall–Kier alpha value is -2.88. The Morgan fingerprint density at radius 3 is 2.58 bits per heavy atom. The molecule has 2 atom stereocenters. The molecule has 1 heterocycles. The summed E-state index contributed by atoms with van der Waals surface area (Å²) >= 11 is 0. The highest BCUT2D eigenvalue weighted by atomic mass is 16.5. The number of carbonyl (C=O) groups excluding carboxylic acids is 2. The molecule has 0 saturated heterocycles. The lowest BCUT2D eigenvalue weighted by Gasteiger charge is -2.33. The number of hydrogen-bond donors (Lipinski definition) is 0. The minimum Gasteiger partial charge on any atom is -0.463 e. The van der Waals surface area contributed by atoms with Gasteiger partial charge in [0.05, 0.1) is 12.2 Å². The van der Waals surface area contributed by atoms with Crippen LogP contribution in [0.25, 0.3) is 0 Å². The summed E-state index contributed by atoms with van der Waals surface area (Å²) in [5.41, 5.74) is 2.25. The van der Waals surface area contributed by atoms with E-state index in [1.165, 1.54) is 0 Å². The first-order chi connectivity index (χ1) is 12.6. The van der Waals surface area contributed by atoms with Crippen molar-refractivity contribution >= 4 is 17.6 Å². The third kappa shape index (κ3) is 2.08. The van der Waals surface area contributed by atoms with Crippen molar-refractivity contribution in [3.63, 3.8) is 0 Å². The van der Waals surface area contributed by atoms with Crippen molar-refractivity contribution in [1.82, 2.24) is 0 Å². The number of fused-ring (bicyclic) bond motifs is 2. The van der Waals surface area contributed by atoms with E-state index >= 15 is 0 Å². The van der Waals surface area contributed by atoms with Crippen LogP contribution in [0.3, 0.4) is 0 Å². The van der Waals surface area contributed by atoms with Crippen molar-refractivity contribution in [2.45, 2.75) is 24.7 Å². The van der Waals surface area contributed by atoms with Crippen LogP contribution < -0.4 is 4.90 Å². The zero-order valence-electron chi connectivity index (χ0n) is 14.9. The number of para-hydroxylation sites is 1. The normalized spacial score (nSPS) is 23.9. The van der Waals surface area contributed by atoms with E-state index in [1.54, 1.807) is 18.9 Å². The zero-order chi connectivity index (χ0) is 18.3. The second kappa shape index (κ2) is 6.13. The molecule has 0 bridgehead atoms. The molecule has 4 heteroatoms. The number of carbonyl (C=O) groups is 2. The average Bonchev–Trinajstić information content (AvgIpc) is 3.17. The van der Waals surface area contributed by atoms with E-state index in [1.807, 2.05) is 60.7 Å².